The van der Waals surface area contributed by atoms with Crippen LogP contribution in [0.15, 0.2) is 48.5 Å². The van der Waals surface area contributed by atoms with Gasteiger partial charge in [0, 0.05) is 18.3 Å². The van der Waals surface area contributed by atoms with E-state index in [1.54, 1.807) is 30.3 Å². The van der Waals surface area contributed by atoms with Gasteiger partial charge < -0.3 is 20.7 Å². The molecule has 0 aromatic heterocycles. The summed E-state index contributed by atoms with van der Waals surface area (Å²) in [5.41, 5.74) is 2.53. The summed E-state index contributed by atoms with van der Waals surface area (Å²) in [6.45, 7) is 5.72. The number of benzene rings is 2. The molecule has 154 valence electrons. The molecular weight excluding hydrogens is 370 g/mol. The maximum Gasteiger partial charge on any atom is 0.338 e. The monoisotopic (exact) mass is 397 g/mol. The van der Waals surface area contributed by atoms with E-state index in [0.717, 1.165) is 18.4 Å². The highest BCUT2D eigenvalue weighted by Crippen LogP contribution is 2.18. The van der Waals surface area contributed by atoms with E-state index in [1.165, 1.54) is 6.92 Å². The zero-order valence-corrected chi connectivity index (χ0v) is 17.0. The van der Waals surface area contributed by atoms with Gasteiger partial charge in [-0.25, -0.2) is 9.59 Å². The Balaban J connectivity index is 1.90. The van der Waals surface area contributed by atoms with Crippen LogP contribution in [0.2, 0.25) is 0 Å². The molecule has 2 rings (SSSR count). The summed E-state index contributed by atoms with van der Waals surface area (Å²) in [4.78, 5) is 35.4. The molecule has 0 bridgehead atoms. The first kappa shape index (κ1) is 21.9. The van der Waals surface area contributed by atoms with Crippen molar-refractivity contribution in [2.45, 2.75) is 39.7 Å². The molecule has 0 heterocycles. The lowest BCUT2D eigenvalue weighted by Gasteiger charge is -2.16. The Labute approximate surface area is 170 Å². The highest BCUT2D eigenvalue weighted by Gasteiger charge is 2.11. The molecule has 7 heteroatoms. The molecule has 0 aliphatic rings. The number of esters is 1. The number of amides is 3. The van der Waals surface area contributed by atoms with E-state index in [-0.39, 0.29) is 23.9 Å². The Bertz CT molecular complexity index is 849. The zero-order chi connectivity index (χ0) is 21.2. The molecule has 0 aliphatic heterocycles. The van der Waals surface area contributed by atoms with Crippen molar-refractivity contribution in [3.8, 4) is 0 Å². The van der Waals surface area contributed by atoms with Crippen molar-refractivity contribution in [2.24, 2.45) is 0 Å². The Morgan fingerprint density at radius 2 is 1.72 bits per heavy atom. The summed E-state index contributed by atoms with van der Waals surface area (Å²) < 4.78 is 5.16. The molecule has 29 heavy (non-hydrogen) atoms. The summed E-state index contributed by atoms with van der Waals surface area (Å²) in [5, 5.41) is 8.30. The van der Waals surface area contributed by atoms with Gasteiger partial charge >= 0.3 is 12.0 Å². The van der Waals surface area contributed by atoms with Gasteiger partial charge in [0.2, 0.25) is 5.91 Å². The molecule has 2 aromatic carbocycles. The number of anilines is 2. The molecule has 3 N–H and O–H groups in total. The highest BCUT2D eigenvalue weighted by atomic mass is 16.5. The lowest BCUT2D eigenvalue weighted by atomic mass is 10.1. The SMILES string of the molecule is CCCCOC(=O)c1ccc(NC(=O)NC(C)c2cccc(NC(C)=O)c2)cc1. The fraction of sp³-hybridized carbons (Fsp3) is 0.318. The standard InChI is InChI=1S/C22H27N3O4/c1-4-5-13-29-21(27)17-9-11-19(12-10-17)25-22(28)23-15(2)18-7-6-8-20(14-18)24-16(3)26/h6-12,14-15H,4-5,13H2,1-3H3,(H,24,26)(H2,23,25,28). The Morgan fingerprint density at radius 3 is 2.38 bits per heavy atom. The van der Waals surface area contributed by atoms with Crippen molar-refractivity contribution in [1.29, 1.82) is 0 Å². The van der Waals surface area contributed by atoms with E-state index in [2.05, 4.69) is 16.0 Å². The van der Waals surface area contributed by atoms with Crippen molar-refractivity contribution in [2.75, 3.05) is 17.2 Å². The summed E-state index contributed by atoms with van der Waals surface area (Å²) in [6, 6.07) is 13.2. The Kier molecular flexibility index (Phi) is 8.21. The molecule has 0 saturated heterocycles. The average Bonchev–Trinajstić information content (AvgIpc) is 2.68. The number of carbonyl (C=O) groups excluding carboxylic acids is 3. The van der Waals surface area contributed by atoms with Crippen LogP contribution in [0.5, 0.6) is 0 Å². The van der Waals surface area contributed by atoms with E-state index in [0.29, 0.717) is 23.5 Å². The molecule has 7 nitrogen and oxygen atoms in total. The first-order chi connectivity index (χ1) is 13.9. The van der Waals surface area contributed by atoms with Crippen LogP contribution in [0, 0.1) is 0 Å². The summed E-state index contributed by atoms with van der Waals surface area (Å²) in [5.74, 6) is -0.527. The minimum Gasteiger partial charge on any atom is -0.462 e. The number of hydrogen-bond donors (Lipinski definition) is 3. The lowest BCUT2D eigenvalue weighted by molar-refractivity contribution is -0.114. The van der Waals surface area contributed by atoms with Gasteiger partial charge in [-0.2, -0.15) is 0 Å². The summed E-state index contributed by atoms with van der Waals surface area (Å²) in [6.07, 6.45) is 1.79. The van der Waals surface area contributed by atoms with Crippen molar-refractivity contribution in [3.05, 3.63) is 59.7 Å². The van der Waals surface area contributed by atoms with Gasteiger partial charge in [-0.3, -0.25) is 4.79 Å². The van der Waals surface area contributed by atoms with E-state index in [4.69, 9.17) is 4.74 Å². The van der Waals surface area contributed by atoms with E-state index >= 15 is 0 Å². The minimum atomic E-state index is -0.374. The summed E-state index contributed by atoms with van der Waals surface area (Å²) in [7, 11) is 0. The third-order valence-corrected chi connectivity index (χ3v) is 4.16. The van der Waals surface area contributed by atoms with Gasteiger partial charge in [-0.05, 0) is 55.3 Å². The molecule has 0 saturated carbocycles. The number of hydrogen-bond acceptors (Lipinski definition) is 4. The van der Waals surface area contributed by atoms with E-state index < -0.39 is 0 Å². The fourth-order valence-electron chi connectivity index (χ4n) is 2.62. The zero-order valence-electron chi connectivity index (χ0n) is 17.0. The van der Waals surface area contributed by atoms with Gasteiger partial charge in [-0.1, -0.05) is 25.5 Å². The number of ether oxygens (including phenoxy) is 1. The Hall–Kier alpha value is -3.35. The number of unbranched alkanes of at least 4 members (excludes halogenated alkanes) is 1. The number of rotatable bonds is 8. The van der Waals surface area contributed by atoms with Crippen molar-refractivity contribution in [1.82, 2.24) is 5.32 Å². The van der Waals surface area contributed by atoms with E-state index in [9.17, 15) is 14.4 Å². The lowest BCUT2D eigenvalue weighted by Crippen LogP contribution is -2.31. The third kappa shape index (κ3) is 7.29. The van der Waals surface area contributed by atoms with Crippen LogP contribution in [0.4, 0.5) is 16.2 Å². The molecule has 0 spiro atoms. The van der Waals surface area contributed by atoms with Gasteiger partial charge in [0.25, 0.3) is 0 Å². The quantitative estimate of drug-likeness (QED) is 0.452. The topological polar surface area (TPSA) is 96.5 Å². The fourth-order valence-corrected chi connectivity index (χ4v) is 2.62. The van der Waals surface area contributed by atoms with Crippen LogP contribution >= 0.6 is 0 Å². The molecule has 0 radical (unpaired) electrons. The molecule has 1 atom stereocenters. The molecule has 2 aromatic rings. The van der Waals surface area contributed by atoms with Gasteiger partial charge in [-0.15, -0.1) is 0 Å². The second-order valence-corrected chi connectivity index (χ2v) is 6.69. The minimum absolute atomic E-state index is 0.154. The second kappa shape index (κ2) is 10.8. The normalized spacial score (nSPS) is 11.3. The van der Waals surface area contributed by atoms with Crippen LogP contribution in [-0.2, 0) is 9.53 Å². The maximum atomic E-state index is 12.3. The number of nitrogens with one attached hydrogen (secondary N) is 3. The van der Waals surface area contributed by atoms with Crippen LogP contribution in [0.1, 0.15) is 55.6 Å². The predicted octanol–water partition coefficient (Wildman–Crippen LogP) is 4.48. The molecule has 0 fully saturated rings. The number of urea groups is 1. The van der Waals surface area contributed by atoms with Crippen molar-refractivity contribution < 1.29 is 19.1 Å². The largest absolute Gasteiger partial charge is 0.462 e. The van der Waals surface area contributed by atoms with Crippen molar-refractivity contribution in [3.63, 3.8) is 0 Å². The third-order valence-electron chi connectivity index (χ3n) is 4.16. The predicted molar refractivity (Wildman–Crippen MR) is 113 cm³/mol. The van der Waals surface area contributed by atoms with Gasteiger partial charge in [0.15, 0.2) is 0 Å². The van der Waals surface area contributed by atoms with Crippen LogP contribution in [0.25, 0.3) is 0 Å². The first-order valence-corrected chi connectivity index (χ1v) is 9.61. The molecule has 0 aliphatic carbocycles. The van der Waals surface area contributed by atoms with Gasteiger partial charge in [0.1, 0.15) is 0 Å². The molecule has 1 unspecified atom stereocenters. The van der Waals surface area contributed by atoms with Gasteiger partial charge in [0.05, 0.1) is 18.2 Å². The molecular formula is C22H27N3O4. The highest BCUT2D eigenvalue weighted by molar-refractivity contribution is 5.92. The first-order valence-electron chi connectivity index (χ1n) is 9.61. The summed E-state index contributed by atoms with van der Waals surface area (Å²) >= 11 is 0. The van der Waals surface area contributed by atoms with Crippen LogP contribution < -0.4 is 16.0 Å². The maximum absolute atomic E-state index is 12.3. The Morgan fingerprint density at radius 1 is 1.00 bits per heavy atom. The van der Waals surface area contributed by atoms with E-state index in [1.807, 2.05) is 32.0 Å². The smallest absolute Gasteiger partial charge is 0.338 e. The van der Waals surface area contributed by atoms with Crippen LogP contribution in [0.3, 0.4) is 0 Å². The average molecular weight is 397 g/mol. The second-order valence-electron chi connectivity index (χ2n) is 6.69. The van der Waals surface area contributed by atoms with Crippen molar-refractivity contribution >= 4 is 29.3 Å². The number of carbonyl (C=O) groups is 3. The molecule has 3 amide bonds. The van der Waals surface area contributed by atoms with Crippen LogP contribution in [-0.4, -0.2) is 24.5 Å².